The number of likely N-dealkylation sites (tertiary alicyclic amines) is 1. The van der Waals surface area contributed by atoms with E-state index < -0.39 is 10.0 Å². The van der Waals surface area contributed by atoms with Gasteiger partial charge in [-0.1, -0.05) is 11.6 Å². The van der Waals surface area contributed by atoms with Crippen molar-refractivity contribution in [2.45, 2.75) is 17.7 Å². The molecule has 2 amide bonds. The number of amides is 2. The van der Waals surface area contributed by atoms with E-state index in [1.807, 2.05) is 0 Å². The molecule has 0 radical (unpaired) electrons. The Morgan fingerprint density at radius 2 is 1.64 bits per heavy atom. The number of benzene rings is 2. The van der Waals surface area contributed by atoms with Gasteiger partial charge < -0.3 is 15.0 Å². The fourth-order valence-corrected chi connectivity index (χ4v) is 5.58. The van der Waals surface area contributed by atoms with Crippen molar-refractivity contribution in [3.63, 3.8) is 0 Å². The second kappa shape index (κ2) is 10.2. The van der Waals surface area contributed by atoms with E-state index in [0.717, 1.165) is 6.42 Å². The van der Waals surface area contributed by atoms with Crippen molar-refractivity contribution in [1.82, 2.24) is 9.21 Å². The maximum Gasteiger partial charge on any atom is 0.253 e. The Bertz CT molecular complexity index is 1100. The van der Waals surface area contributed by atoms with E-state index >= 15 is 0 Å². The maximum absolute atomic E-state index is 12.8. The van der Waals surface area contributed by atoms with Crippen LogP contribution in [0.4, 0.5) is 5.69 Å². The van der Waals surface area contributed by atoms with Gasteiger partial charge in [0.25, 0.3) is 5.91 Å². The number of ether oxygens (including phenoxy) is 1. The Hall–Kier alpha value is -2.46. The van der Waals surface area contributed by atoms with Gasteiger partial charge in [0.1, 0.15) is 0 Å². The molecule has 0 unspecified atom stereocenters. The third-order valence-electron chi connectivity index (χ3n) is 5.90. The van der Waals surface area contributed by atoms with Crippen LogP contribution < -0.4 is 5.32 Å². The summed E-state index contributed by atoms with van der Waals surface area (Å²) in [5.74, 6) is -0.652. The number of halogens is 1. The summed E-state index contributed by atoms with van der Waals surface area (Å²) in [6.07, 6.45) is 1.41. The van der Waals surface area contributed by atoms with Gasteiger partial charge in [0.2, 0.25) is 15.9 Å². The van der Waals surface area contributed by atoms with E-state index in [-0.39, 0.29) is 22.6 Å². The van der Waals surface area contributed by atoms with Gasteiger partial charge in [-0.05, 0) is 61.4 Å². The summed E-state index contributed by atoms with van der Waals surface area (Å²) in [6, 6.07) is 12.9. The van der Waals surface area contributed by atoms with Crippen molar-refractivity contribution >= 4 is 39.1 Å². The molecule has 2 fully saturated rings. The predicted octanol–water partition coefficient (Wildman–Crippen LogP) is 2.85. The molecule has 0 aromatic heterocycles. The molecule has 176 valence electrons. The number of nitrogens with one attached hydrogen (secondary N) is 1. The summed E-state index contributed by atoms with van der Waals surface area (Å²) in [5, 5.41) is 3.42. The second-order valence-corrected chi connectivity index (χ2v) is 10.5. The number of sulfonamides is 1. The van der Waals surface area contributed by atoms with E-state index in [1.54, 1.807) is 41.3 Å². The van der Waals surface area contributed by atoms with Crippen LogP contribution in [-0.2, 0) is 19.6 Å². The average molecular weight is 492 g/mol. The Labute approximate surface area is 198 Å². The van der Waals surface area contributed by atoms with E-state index in [1.165, 1.54) is 16.4 Å². The lowest BCUT2D eigenvalue weighted by atomic mass is 9.96. The van der Waals surface area contributed by atoms with Crippen LogP contribution in [-0.4, -0.2) is 68.8 Å². The fourth-order valence-electron chi connectivity index (χ4n) is 4.04. The minimum Gasteiger partial charge on any atom is -0.379 e. The van der Waals surface area contributed by atoms with E-state index in [0.29, 0.717) is 62.1 Å². The summed E-state index contributed by atoms with van der Waals surface area (Å²) in [7, 11) is -3.59. The zero-order valence-corrected chi connectivity index (χ0v) is 19.6. The number of hydrogen-bond donors (Lipinski definition) is 1. The molecule has 0 saturated carbocycles. The quantitative estimate of drug-likeness (QED) is 0.693. The van der Waals surface area contributed by atoms with Crippen LogP contribution in [0.5, 0.6) is 0 Å². The van der Waals surface area contributed by atoms with Crippen LogP contribution in [0.1, 0.15) is 23.2 Å². The lowest BCUT2D eigenvalue weighted by Gasteiger charge is -2.32. The predicted molar refractivity (Wildman–Crippen MR) is 125 cm³/mol. The summed E-state index contributed by atoms with van der Waals surface area (Å²) in [6.45, 7) is 2.34. The number of hydrogen-bond acceptors (Lipinski definition) is 5. The van der Waals surface area contributed by atoms with Crippen molar-refractivity contribution in [2.75, 3.05) is 44.7 Å². The number of piperidine rings is 1. The minimum atomic E-state index is -3.59. The number of carbonyl (C=O) groups excluding carboxylic acids is 2. The van der Waals surface area contributed by atoms with Gasteiger partial charge in [-0.15, -0.1) is 0 Å². The van der Waals surface area contributed by atoms with E-state index in [2.05, 4.69) is 5.32 Å². The van der Waals surface area contributed by atoms with Gasteiger partial charge >= 0.3 is 0 Å². The van der Waals surface area contributed by atoms with Crippen molar-refractivity contribution < 1.29 is 22.7 Å². The van der Waals surface area contributed by atoms with Crippen LogP contribution >= 0.6 is 11.6 Å². The third-order valence-corrected chi connectivity index (χ3v) is 8.07. The molecular weight excluding hydrogens is 466 g/mol. The SMILES string of the molecule is O=C(Nc1ccc(S(=O)(=O)N2CCOCC2)cc1)[C@@H]1CCCN(C(=O)c2ccc(Cl)cc2)C1. The van der Waals surface area contributed by atoms with Crippen LogP contribution in [0.3, 0.4) is 0 Å². The lowest BCUT2D eigenvalue weighted by Crippen LogP contribution is -2.43. The number of rotatable bonds is 5. The standard InChI is InChI=1S/C23H26ClN3O5S/c24-19-5-3-17(4-6-19)23(29)26-11-1-2-18(16-26)22(28)25-20-7-9-21(10-8-20)33(30,31)27-12-14-32-15-13-27/h3-10,18H,1-2,11-16H2,(H,25,28)/t18-/m1/s1. The van der Waals surface area contributed by atoms with Gasteiger partial charge in [0.05, 0.1) is 24.0 Å². The first-order valence-corrected chi connectivity index (χ1v) is 12.7. The van der Waals surface area contributed by atoms with Gasteiger partial charge in [-0.3, -0.25) is 9.59 Å². The average Bonchev–Trinajstić information content (AvgIpc) is 2.85. The molecule has 2 aromatic carbocycles. The molecule has 0 aliphatic carbocycles. The summed E-state index contributed by atoms with van der Waals surface area (Å²) in [5.41, 5.74) is 1.06. The van der Waals surface area contributed by atoms with Crippen LogP contribution in [0.25, 0.3) is 0 Å². The van der Waals surface area contributed by atoms with Crippen molar-refractivity contribution in [2.24, 2.45) is 5.92 Å². The highest BCUT2D eigenvalue weighted by atomic mass is 35.5. The molecule has 4 rings (SSSR count). The lowest BCUT2D eigenvalue weighted by molar-refractivity contribution is -0.121. The minimum absolute atomic E-state index is 0.123. The summed E-state index contributed by atoms with van der Waals surface area (Å²) < 4.78 is 32.1. The Morgan fingerprint density at radius 3 is 2.30 bits per heavy atom. The zero-order valence-electron chi connectivity index (χ0n) is 18.1. The van der Waals surface area contributed by atoms with Crippen LogP contribution in [0, 0.1) is 5.92 Å². The maximum atomic E-state index is 12.8. The van der Waals surface area contributed by atoms with Crippen molar-refractivity contribution in [3.05, 3.63) is 59.1 Å². The van der Waals surface area contributed by atoms with Crippen LogP contribution in [0.2, 0.25) is 5.02 Å². The smallest absolute Gasteiger partial charge is 0.253 e. The number of carbonyl (C=O) groups is 2. The monoisotopic (exact) mass is 491 g/mol. The topological polar surface area (TPSA) is 96.0 Å². The zero-order chi connectivity index (χ0) is 23.4. The Balaban J connectivity index is 1.37. The highest BCUT2D eigenvalue weighted by Crippen LogP contribution is 2.23. The molecule has 10 heteroatoms. The molecule has 2 saturated heterocycles. The third kappa shape index (κ3) is 5.55. The molecule has 2 aliphatic rings. The normalized spacial score (nSPS) is 19.8. The summed E-state index contributed by atoms with van der Waals surface area (Å²) >= 11 is 5.90. The molecule has 1 N–H and O–H groups in total. The molecular formula is C23H26ClN3O5S. The molecule has 0 bridgehead atoms. The first-order valence-electron chi connectivity index (χ1n) is 10.9. The van der Waals surface area contributed by atoms with Gasteiger partial charge in [-0.25, -0.2) is 8.42 Å². The van der Waals surface area contributed by atoms with Gasteiger partial charge in [0.15, 0.2) is 0 Å². The number of nitrogens with zero attached hydrogens (tertiary/aromatic N) is 2. The number of anilines is 1. The van der Waals surface area contributed by atoms with Gasteiger partial charge in [-0.2, -0.15) is 4.31 Å². The molecule has 2 heterocycles. The molecule has 8 nitrogen and oxygen atoms in total. The van der Waals surface area contributed by atoms with Crippen LogP contribution in [0.15, 0.2) is 53.4 Å². The Morgan fingerprint density at radius 1 is 0.970 bits per heavy atom. The first-order chi connectivity index (χ1) is 15.8. The highest BCUT2D eigenvalue weighted by molar-refractivity contribution is 7.89. The molecule has 0 spiro atoms. The first kappa shape index (κ1) is 23.7. The van der Waals surface area contributed by atoms with Crippen molar-refractivity contribution in [3.8, 4) is 0 Å². The van der Waals surface area contributed by atoms with E-state index in [4.69, 9.17) is 16.3 Å². The number of morpholine rings is 1. The fraction of sp³-hybridized carbons (Fsp3) is 0.391. The highest BCUT2D eigenvalue weighted by Gasteiger charge is 2.29. The second-order valence-electron chi connectivity index (χ2n) is 8.13. The summed E-state index contributed by atoms with van der Waals surface area (Å²) in [4.78, 5) is 27.5. The van der Waals surface area contributed by atoms with E-state index in [9.17, 15) is 18.0 Å². The molecule has 33 heavy (non-hydrogen) atoms. The van der Waals surface area contributed by atoms with Crippen molar-refractivity contribution in [1.29, 1.82) is 0 Å². The molecule has 2 aliphatic heterocycles. The Kier molecular flexibility index (Phi) is 7.33. The largest absolute Gasteiger partial charge is 0.379 e. The molecule has 2 aromatic rings. The molecule has 1 atom stereocenters. The van der Waals surface area contributed by atoms with Gasteiger partial charge in [0, 0.05) is 42.5 Å².